The number of carbonyl (C=O) groups is 1. The Morgan fingerprint density at radius 3 is 2.57 bits per heavy atom. The fraction of sp³-hybridized carbons (Fsp3) is 0.364. The summed E-state index contributed by atoms with van der Waals surface area (Å²) in [6, 6.07) is 3.47. The summed E-state index contributed by atoms with van der Waals surface area (Å²) in [7, 11) is 1.37. The SMILES string of the molecule is COC(=O)Cc1cc(C)c(O)cc1C. The van der Waals surface area contributed by atoms with Crippen molar-refractivity contribution in [3.63, 3.8) is 0 Å². The molecule has 14 heavy (non-hydrogen) atoms. The summed E-state index contributed by atoms with van der Waals surface area (Å²) in [5, 5.41) is 9.40. The zero-order valence-corrected chi connectivity index (χ0v) is 8.63. The van der Waals surface area contributed by atoms with E-state index < -0.39 is 0 Å². The predicted octanol–water partition coefficient (Wildman–Crippen LogP) is 1.72. The Balaban J connectivity index is 2.98. The first-order valence-corrected chi connectivity index (χ1v) is 4.40. The van der Waals surface area contributed by atoms with Crippen LogP contribution < -0.4 is 0 Å². The van der Waals surface area contributed by atoms with Gasteiger partial charge in [-0.05, 0) is 36.6 Å². The normalized spacial score (nSPS) is 9.93. The van der Waals surface area contributed by atoms with E-state index in [4.69, 9.17) is 0 Å². The van der Waals surface area contributed by atoms with Crippen molar-refractivity contribution in [3.8, 4) is 5.75 Å². The minimum atomic E-state index is -0.266. The third kappa shape index (κ3) is 2.25. The second kappa shape index (κ2) is 4.13. The van der Waals surface area contributed by atoms with E-state index in [1.807, 2.05) is 13.0 Å². The molecule has 1 aromatic rings. The van der Waals surface area contributed by atoms with E-state index in [1.54, 1.807) is 13.0 Å². The van der Waals surface area contributed by atoms with Gasteiger partial charge in [-0.25, -0.2) is 0 Å². The summed E-state index contributed by atoms with van der Waals surface area (Å²) in [4.78, 5) is 11.0. The topological polar surface area (TPSA) is 46.5 Å². The van der Waals surface area contributed by atoms with Crippen molar-refractivity contribution in [3.05, 3.63) is 28.8 Å². The lowest BCUT2D eigenvalue weighted by atomic mass is 10.0. The highest BCUT2D eigenvalue weighted by molar-refractivity contribution is 5.73. The minimum Gasteiger partial charge on any atom is -0.508 e. The molecule has 0 heterocycles. The van der Waals surface area contributed by atoms with Crippen LogP contribution in [0.2, 0.25) is 0 Å². The first-order valence-electron chi connectivity index (χ1n) is 4.40. The second-order valence-electron chi connectivity index (χ2n) is 3.32. The third-order valence-electron chi connectivity index (χ3n) is 2.22. The Labute approximate surface area is 83.3 Å². The van der Waals surface area contributed by atoms with Crippen LogP contribution in [0.5, 0.6) is 5.75 Å². The van der Waals surface area contributed by atoms with Gasteiger partial charge < -0.3 is 9.84 Å². The van der Waals surface area contributed by atoms with Crippen LogP contribution in [0.25, 0.3) is 0 Å². The third-order valence-corrected chi connectivity index (χ3v) is 2.22. The second-order valence-corrected chi connectivity index (χ2v) is 3.32. The van der Waals surface area contributed by atoms with Crippen LogP contribution in [0.3, 0.4) is 0 Å². The number of ether oxygens (including phenoxy) is 1. The number of rotatable bonds is 2. The molecular formula is C11H14O3. The van der Waals surface area contributed by atoms with Crippen LogP contribution in [0.15, 0.2) is 12.1 Å². The first kappa shape index (κ1) is 10.6. The van der Waals surface area contributed by atoms with E-state index in [0.29, 0.717) is 0 Å². The van der Waals surface area contributed by atoms with Crippen molar-refractivity contribution in [2.75, 3.05) is 7.11 Å². The number of esters is 1. The number of phenols is 1. The van der Waals surface area contributed by atoms with Crippen LogP contribution >= 0.6 is 0 Å². The molecule has 0 aliphatic carbocycles. The van der Waals surface area contributed by atoms with Gasteiger partial charge in [0.1, 0.15) is 5.75 Å². The van der Waals surface area contributed by atoms with Gasteiger partial charge in [0.05, 0.1) is 13.5 Å². The molecule has 3 heteroatoms. The van der Waals surface area contributed by atoms with Crippen molar-refractivity contribution in [2.24, 2.45) is 0 Å². The molecule has 0 aromatic heterocycles. The van der Waals surface area contributed by atoms with Crippen LogP contribution in [-0.4, -0.2) is 18.2 Å². The lowest BCUT2D eigenvalue weighted by Crippen LogP contribution is -2.06. The van der Waals surface area contributed by atoms with Crippen molar-refractivity contribution in [1.82, 2.24) is 0 Å². The molecule has 3 nitrogen and oxygen atoms in total. The molecule has 0 unspecified atom stereocenters. The number of aryl methyl sites for hydroxylation is 2. The monoisotopic (exact) mass is 194 g/mol. The zero-order valence-electron chi connectivity index (χ0n) is 8.63. The number of aromatic hydroxyl groups is 1. The summed E-state index contributed by atoms with van der Waals surface area (Å²) in [5.41, 5.74) is 2.57. The Hall–Kier alpha value is -1.51. The Kier molecular flexibility index (Phi) is 3.12. The number of methoxy groups -OCH3 is 1. The van der Waals surface area contributed by atoms with Crippen LogP contribution in [-0.2, 0) is 16.0 Å². The number of hydrogen-bond acceptors (Lipinski definition) is 3. The molecule has 1 aromatic carbocycles. The molecule has 76 valence electrons. The zero-order chi connectivity index (χ0) is 10.7. The molecule has 0 saturated heterocycles. The van der Waals surface area contributed by atoms with Gasteiger partial charge in [-0.15, -0.1) is 0 Å². The van der Waals surface area contributed by atoms with Gasteiger partial charge in [-0.2, -0.15) is 0 Å². The molecule has 0 aliphatic heterocycles. The highest BCUT2D eigenvalue weighted by Crippen LogP contribution is 2.21. The molecule has 0 atom stereocenters. The molecule has 0 radical (unpaired) electrons. The summed E-state index contributed by atoms with van der Waals surface area (Å²) in [6.07, 6.45) is 0.253. The van der Waals surface area contributed by atoms with Gasteiger partial charge in [0.15, 0.2) is 0 Å². The maximum absolute atomic E-state index is 11.0. The van der Waals surface area contributed by atoms with Crippen LogP contribution in [0.1, 0.15) is 16.7 Å². The summed E-state index contributed by atoms with van der Waals surface area (Å²) in [6.45, 7) is 3.66. The maximum Gasteiger partial charge on any atom is 0.309 e. The highest BCUT2D eigenvalue weighted by atomic mass is 16.5. The largest absolute Gasteiger partial charge is 0.508 e. The minimum absolute atomic E-state index is 0.253. The standard InChI is InChI=1S/C11H14O3/c1-7-5-10(12)8(2)4-9(7)6-11(13)14-3/h4-5,12H,6H2,1-3H3. The predicted molar refractivity (Wildman–Crippen MR) is 53.3 cm³/mol. The Morgan fingerprint density at radius 2 is 2.00 bits per heavy atom. The number of hydrogen-bond donors (Lipinski definition) is 1. The van der Waals surface area contributed by atoms with Gasteiger partial charge in [0.25, 0.3) is 0 Å². The Bertz CT molecular complexity index is 356. The van der Waals surface area contributed by atoms with Gasteiger partial charge in [-0.1, -0.05) is 6.07 Å². The highest BCUT2D eigenvalue weighted by Gasteiger charge is 2.08. The van der Waals surface area contributed by atoms with Crippen molar-refractivity contribution >= 4 is 5.97 Å². The van der Waals surface area contributed by atoms with Crippen molar-refractivity contribution < 1.29 is 14.6 Å². The fourth-order valence-corrected chi connectivity index (χ4v) is 1.28. The van der Waals surface area contributed by atoms with Crippen LogP contribution in [0, 0.1) is 13.8 Å². The van der Waals surface area contributed by atoms with E-state index in [2.05, 4.69) is 4.74 Å². The van der Waals surface area contributed by atoms with E-state index >= 15 is 0 Å². The average Bonchev–Trinajstić information content (AvgIpc) is 2.14. The van der Waals surface area contributed by atoms with E-state index in [-0.39, 0.29) is 18.1 Å². The van der Waals surface area contributed by atoms with Crippen LogP contribution in [0.4, 0.5) is 0 Å². The van der Waals surface area contributed by atoms with Gasteiger partial charge >= 0.3 is 5.97 Å². The smallest absolute Gasteiger partial charge is 0.309 e. The number of carbonyl (C=O) groups excluding carboxylic acids is 1. The van der Waals surface area contributed by atoms with Gasteiger partial charge in [0, 0.05) is 0 Å². The molecule has 0 aliphatic rings. The summed E-state index contributed by atoms with van der Waals surface area (Å²) < 4.78 is 4.58. The molecule has 1 N–H and O–H groups in total. The lowest BCUT2D eigenvalue weighted by molar-refractivity contribution is -0.139. The lowest BCUT2D eigenvalue weighted by Gasteiger charge is -2.07. The molecule has 0 fully saturated rings. The molecule has 0 spiro atoms. The van der Waals surface area contributed by atoms with Gasteiger partial charge in [-0.3, -0.25) is 4.79 Å². The number of phenolic OH excluding ortho intramolecular Hbond substituents is 1. The molecule has 0 amide bonds. The average molecular weight is 194 g/mol. The molecular weight excluding hydrogens is 180 g/mol. The molecule has 1 rings (SSSR count). The van der Waals surface area contributed by atoms with Gasteiger partial charge in [0.2, 0.25) is 0 Å². The van der Waals surface area contributed by atoms with E-state index in [1.165, 1.54) is 7.11 Å². The quantitative estimate of drug-likeness (QED) is 0.729. The van der Waals surface area contributed by atoms with Crippen molar-refractivity contribution in [1.29, 1.82) is 0 Å². The first-order chi connectivity index (χ1) is 6.54. The molecule has 0 saturated carbocycles. The summed E-state index contributed by atoms with van der Waals surface area (Å²) in [5.74, 6) is -0.00527. The van der Waals surface area contributed by atoms with E-state index in [9.17, 15) is 9.90 Å². The molecule has 0 bridgehead atoms. The number of benzene rings is 1. The van der Waals surface area contributed by atoms with Crippen molar-refractivity contribution in [2.45, 2.75) is 20.3 Å². The summed E-state index contributed by atoms with van der Waals surface area (Å²) >= 11 is 0. The van der Waals surface area contributed by atoms with E-state index in [0.717, 1.165) is 16.7 Å². The Morgan fingerprint density at radius 1 is 1.36 bits per heavy atom. The fourth-order valence-electron chi connectivity index (χ4n) is 1.28. The maximum atomic E-state index is 11.0.